The highest BCUT2D eigenvalue weighted by Gasteiger charge is 2.16. The van der Waals surface area contributed by atoms with Crippen molar-refractivity contribution in [3.63, 3.8) is 0 Å². The summed E-state index contributed by atoms with van der Waals surface area (Å²) in [5, 5.41) is 8.65. The van der Waals surface area contributed by atoms with Crippen molar-refractivity contribution in [1.29, 1.82) is 0 Å². The fourth-order valence-electron chi connectivity index (χ4n) is 1.46. The highest BCUT2D eigenvalue weighted by Crippen LogP contribution is 2.07. The molecule has 1 unspecified atom stereocenters. The molecule has 3 N–H and O–H groups in total. The topological polar surface area (TPSA) is 80.4 Å². The lowest BCUT2D eigenvalue weighted by molar-refractivity contribution is 0.279. The molecule has 0 aromatic heterocycles. The third kappa shape index (κ3) is 4.74. The number of hydrogen-bond donors (Lipinski definition) is 2. The molecule has 1 aromatic carbocycles. The minimum Gasteiger partial charge on any atom is -0.396 e. The van der Waals surface area contributed by atoms with Gasteiger partial charge < -0.3 is 10.8 Å². The molecule has 0 saturated heterocycles. The number of aliphatic hydroxyl groups excluding tert-OH is 1. The first kappa shape index (κ1) is 13.2. The first-order valence-electron chi connectivity index (χ1n) is 5.14. The average molecular weight is 243 g/mol. The van der Waals surface area contributed by atoms with Crippen LogP contribution in [0.25, 0.3) is 0 Å². The maximum atomic E-state index is 11.7. The van der Waals surface area contributed by atoms with Gasteiger partial charge in [-0.25, -0.2) is 8.42 Å². The van der Waals surface area contributed by atoms with E-state index >= 15 is 0 Å². The fraction of sp³-hybridized carbons (Fsp3) is 0.455. The molecule has 16 heavy (non-hydrogen) atoms. The summed E-state index contributed by atoms with van der Waals surface area (Å²) in [6.07, 6.45) is 0.314. The van der Waals surface area contributed by atoms with Gasteiger partial charge in [-0.05, 0) is 12.0 Å². The van der Waals surface area contributed by atoms with Gasteiger partial charge in [-0.15, -0.1) is 0 Å². The highest BCUT2D eigenvalue weighted by atomic mass is 32.2. The number of sulfone groups is 1. The van der Waals surface area contributed by atoms with Gasteiger partial charge in [-0.3, -0.25) is 0 Å². The minimum absolute atomic E-state index is 0.00691. The minimum atomic E-state index is -3.19. The van der Waals surface area contributed by atoms with Crippen LogP contribution in [0.15, 0.2) is 30.3 Å². The summed E-state index contributed by atoms with van der Waals surface area (Å²) in [5.41, 5.74) is 6.35. The predicted octanol–water partition coefficient (Wildman–Crippen LogP) is 0.311. The van der Waals surface area contributed by atoms with Crippen molar-refractivity contribution in [2.75, 3.05) is 12.4 Å². The standard InChI is InChI=1S/C11H17NO3S/c12-11(6-7-13)9-16(14,15)8-10-4-2-1-3-5-10/h1-5,11,13H,6-9,12H2. The van der Waals surface area contributed by atoms with Gasteiger partial charge in [-0.2, -0.15) is 0 Å². The normalized spacial score (nSPS) is 13.6. The van der Waals surface area contributed by atoms with E-state index in [4.69, 9.17) is 10.8 Å². The van der Waals surface area contributed by atoms with E-state index in [1.807, 2.05) is 6.07 Å². The monoisotopic (exact) mass is 243 g/mol. The Morgan fingerprint density at radius 2 is 1.88 bits per heavy atom. The van der Waals surface area contributed by atoms with Gasteiger partial charge in [0.1, 0.15) is 0 Å². The summed E-state index contributed by atoms with van der Waals surface area (Å²) in [7, 11) is -3.19. The molecule has 0 saturated carbocycles. The lowest BCUT2D eigenvalue weighted by Crippen LogP contribution is -2.31. The molecule has 0 spiro atoms. The smallest absolute Gasteiger partial charge is 0.155 e. The van der Waals surface area contributed by atoms with Gasteiger partial charge in [0.05, 0.1) is 11.5 Å². The van der Waals surface area contributed by atoms with E-state index in [0.717, 1.165) is 5.56 Å². The molecule has 0 bridgehead atoms. The molecule has 0 aliphatic carbocycles. The summed E-state index contributed by atoms with van der Waals surface area (Å²) >= 11 is 0. The third-order valence-corrected chi connectivity index (χ3v) is 3.91. The zero-order valence-electron chi connectivity index (χ0n) is 9.04. The van der Waals surface area contributed by atoms with Crippen LogP contribution in [-0.4, -0.2) is 31.9 Å². The van der Waals surface area contributed by atoms with E-state index in [1.54, 1.807) is 24.3 Å². The molecular formula is C11H17NO3S. The van der Waals surface area contributed by atoms with Crippen LogP contribution in [0.5, 0.6) is 0 Å². The molecule has 1 rings (SSSR count). The number of hydrogen-bond acceptors (Lipinski definition) is 4. The third-order valence-electron chi connectivity index (χ3n) is 2.20. The Labute approximate surface area is 96.0 Å². The van der Waals surface area contributed by atoms with Gasteiger partial charge in [0, 0.05) is 12.6 Å². The number of nitrogens with two attached hydrogens (primary N) is 1. The van der Waals surface area contributed by atoms with Gasteiger partial charge in [0.15, 0.2) is 9.84 Å². The van der Waals surface area contributed by atoms with Gasteiger partial charge in [-0.1, -0.05) is 30.3 Å². The summed E-state index contributed by atoms with van der Waals surface area (Å²) in [6.45, 7) is -0.0813. The van der Waals surface area contributed by atoms with Crippen LogP contribution >= 0.6 is 0 Å². The van der Waals surface area contributed by atoms with Crippen molar-refractivity contribution in [2.45, 2.75) is 18.2 Å². The van der Waals surface area contributed by atoms with E-state index < -0.39 is 15.9 Å². The molecular weight excluding hydrogens is 226 g/mol. The maximum Gasteiger partial charge on any atom is 0.155 e. The van der Waals surface area contributed by atoms with Crippen molar-refractivity contribution in [3.05, 3.63) is 35.9 Å². The first-order chi connectivity index (χ1) is 7.53. The molecule has 0 radical (unpaired) electrons. The van der Waals surface area contributed by atoms with Crippen LogP contribution in [0, 0.1) is 0 Å². The molecule has 0 heterocycles. The second-order valence-corrected chi connectivity index (χ2v) is 5.92. The van der Waals surface area contributed by atoms with Crippen molar-refractivity contribution in [2.24, 2.45) is 5.73 Å². The Bertz CT molecular complexity index is 402. The van der Waals surface area contributed by atoms with Crippen molar-refractivity contribution in [3.8, 4) is 0 Å². The number of aliphatic hydroxyl groups is 1. The number of benzene rings is 1. The maximum absolute atomic E-state index is 11.7. The molecule has 4 nitrogen and oxygen atoms in total. The Morgan fingerprint density at radius 1 is 1.25 bits per heavy atom. The van der Waals surface area contributed by atoms with E-state index in [2.05, 4.69) is 0 Å². The molecule has 0 aliphatic heterocycles. The zero-order chi connectivity index (χ0) is 12.0. The molecule has 1 aromatic rings. The quantitative estimate of drug-likeness (QED) is 0.753. The fourth-order valence-corrected chi connectivity index (χ4v) is 3.10. The van der Waals surface area contributed by atoms with Crippen LogP contribution in [0.4, 0.5) is 0 Å². The Balaban J connectivity index is 2.59. The Hall–Kier alpha value is -0.910. The van der Waals surface area contributed by atoms with Crippen LogP contribution < -0.4 is 5.73 Å². The van der Waals surface area contributed by atoms with Crippen molar-refractivity contribution >= 4 is 9.84 Å². The van der Waals surface area contributed by atoms with E-state index in [9.17, 15) is 8.42 Å². The van der Waals surface area contributed by atoms with E-state index in [-0.39, 0.29) is 18.1 Å². The van der Waals surface area contributed by atoms with Gasteiger partial charge in [0.25, 0.3) is 0 Å². The zero-order valence-corrected chi connectivity index (χ0v) is 9.86. The lowest BCUT2D eigenvalue weighted by atomic mass is 10.2. The Kier molecular flexibility index (Phi) is 4.92. The van der Waals surface area contributed by atoms with Crippen molar-refractivity contribution < 1.29 is 13.5 Å². The molecule has 90 valence electrons. The van der Waals surface area contributed by atoms with E-state index in [1.165, 1.54) is 0 Å². The second-order valence-electron chi connectivity index (χ2n) is 3.81. The van der Waals surface area contributed by atoms with Crippen molar-refractivity contribution in [1.82, 2.24) is 0 Å². The van der Waals surface area contributed by atoms with Gasteiger partial charge >= 0.3 is 0 Å². The van der Waals surface area contributed by atoms with Crippen LogP contribution in [0.1, 0.15) is 12.0 Å². The summed E-state index contributed by atoms with van der Waals surface area (Å²) in [5.74, 6) is -0.0740. The average Bonchev–Trinajstić information content (AvgIpc) is 2.17. The summed E-state index contributed by atoms with van der Waals surface area (Å²) < 4.78 is 23.4. The summed E-state index contributed by atoms with van der Waals surface area (Å²) in [4.78, 5) is 0. The SMILES string of the molecule is NC(CCO)CS(=O)(=O)Cc1ccccc1. The molecule has 1 atom stereocenters. The molecule has 5 heteroatoms. The molecule has 0 fully saturated rings. The first-order valence-corrected chi connectivity index (χ1v) is 6.96. The predicted molar refractivity (Wildman–Crippen MR) is 63.6 cm³/mol. The molecule has 0 amide bonds. The van der Waals surface area contributed by atoms with Gasteiger partial charge in [0.2, 0.25) is 0 Å². The number of rotatable bonds is 6. The Morgan fingerprint density at radius 3 is 2.44 bits per heavy atom. The summed E-state index contributed by atoms with van der Waals surface area (Å²) in [6, 6.07) is 8.51. The second kappa shape index (κ2) is 5.98. The van der Waals surface area contributed by atoms with E-state index in [0.29, 0.717) is 6.42 Å². The largest absolute Gasteiger partial charge is 0.396 e. The van der Waals surface area contributed by atoms with Crippen LogP contribution in [0.2, 0.25) is 0 Å². The lowest BCUT2D eigenvalue weighted by Gasteiger charge is -2.10. The van der Waals surface area contributed by atoms with Crippen LogP contribution in [-0.2, 0) is 15.6 Å². The molecule has 0 aliphatic rings. The van der Waals surface area contributed by atoms with Crippen LogP contribution in [0.3, 0.4) is 0 Å². The highest BCUT2D eigenvalue weighted by molar-refractivity contribution is 7.90.